The van der Waals surface area contributed by atoms with Crippen molar-refractivity contribution in [1.29, 1.82) is 5.26 Å². The van der Waals surface area contributed by atoms with Gasteiger partial charge in [-0.3, -0.25) is 4.68 Å². The van der Waals surface area contributed by atoms with Crippen molar-refractivity contribution in [2.45, 2.75) is 49.6 Å². The van der Waals surface area contributed by atoms with Crippen molar-refractivity contribution in [3.05, 3.63) is 79.5 Å². The van der Waals surface area contributed by atoms with Gasteiger partial charge in [0.15, 0.2) is 12.0 Å². The van der Waals surface area contributed by atoms with Gasteiger partial charge in [-0.2, -0.15) is 10.4 Å². The highest BCUT2D eigenvalue weighted by atomic mass is 32.2. The van der Waals surface area contributed by atoms with Crippen LogP contribution in [0.3, 0.4) is 0 Å². The Kier molecular flexibility index (Phi) is 6.16. The number of fused-ring (bicyclic) bond motifs is 3. The average Bonchev–Trinajstić information content (AvgIpc) is 3.80. The van der Waals surface area contributed by atoms with E-state index in [2.05, 4.69) is 25.7 Å². The maximum Gasteiger partial charge on any atom is 0.269 e. The molecule has 0 radical (unpaired) electrons. The summed E-state index contributed by atoms with van der Waals surface area (Å²) in [7, 11) is -3.84. The molecule has 1 saturated carbocycles. The molecule has 1 aromatic carbocycles. The molecule has 0 unspecified atom stereocenters. The van der Waals surface area contributed by atoms with Crippen LogP contribution >= 0.6 is 0 Å². The second kappa shape index (κ2) is 10.0. The molecular weight excluding hydrogens is 540 g/mol. The summed E-state index contributed by atoms with van der Waals surface area (Å²) in [5, 5.41) is 14.5. The van der Waals surface area contributed by atoms with Gasteiger partial charge in [-0.05, 0) is 49.8 Å². The normalized spacial score (nSPS) is 17.7. The Balaban J connectivity index is 1.38. The zero-order valence-corrected chi connectivity index (χ0v) is 22.9. The van der Waals surface area contributed by atoms with Crippen LogP contribution in [0.2, 0.25) is 0 Å². The maximum absolute atomic E-state index is 13.5. The van der Waals surface area contributed by atoms with Gasteiger partial charge in [0.1, 0.15) is 23.3 Å². The van der Waals surface area contributed by atoms with Crippen LogP contribution in [0.15, 0.2) is 83.2 Å². The van der Waals surface area contributed by atoms with Gasteiger partial charge >= 0.3 is 0 Å². The molecule has 0 N–H and O–H groups in total. The predicted molar refractivity (Wildman–Crippen MR) is 150 cm³/mol. The Morgan fingerprint density at radius 2 is 1.88 bits per heavy atom. The van der Waals surface area contributed by atoms with Crippen LogP contribution in [0.25, 0.3) is 33.5 Å². The number of nitriles is 1. The summed E-state index contributed by atoms with van der Waals surface area (Å²) in [6, 6.07) is 12.6. The van der Waals surface area contributed by atoms with Gasteiger partial charge in [-0.15, -0.1) is 0 Å². The van der Waals surface area contributed by atoms with E-state index in [0.717, 1.165) is 53.7 Å². The third-order valence-electron chi connectivity index (χ3n) is 7.89. The molecule has 1 aliphatic rings. The maximum atomic E-state index is 13.5. The van der Waals surface area contributed by atoms with Gasteiger partial charge < -0.3 is 8.98 Å². The fraction of sp³-hybridized carbons (Fsp3) is 0.276. The van der Waals surface area contributed by atoms with Crippen LogP contribution in [-0.4, -0.2) is 41.7 Å². The molecule has 1 aliphatic carbocycles. The minimum absolute atomic E-state index is 0.128. The number of aromatic nitrogens is 7. The highest BCUT2D eigenvalue weighted by Gasteiger charge is 2.29. The van der Waals surface area contributed by atoms with Crippen molar-refractivity contribution in [1.82, 2.24) is 33.3 Å². The van der Waals surface area contributed by atoms with Crippen molar-refractivity contribution in [2.75, 3.05) is 0 Å². The average molecular weight is 567 g/mol. The standard InChI is InChI=1S/C29H26N8O3S/c30-12-10-20-6-8-23(9-7-20)37-27-25-11-13-36(41(38,39)24-4-2-1-3-5-24)29(25)31-15-26(27)34-28(37)21-14-33-35(16-21)17-22-18-40-19-32-22/h1-5,11,13-16,18-20,23H,6-10,17H2/t20-,23-. The Morgan fingerprint density at radius 1 is 1.05 bits per heavy atom. The van der Waals surface area contributed by atoms with Gasteiger partial charge in [0, 0.05) is 30.2 Å². The summed E-state index contributed by atoms with van der Waals surface area (Å²) in [4.78, 5) is 14.0. The van der Waals surface area contributed by atoms with E-state index < -0.39 is 10.0 Å². The molecule has 0 aliphatic heterocycles. The van der Waals surface area contributed by atoms with E-state index in [1.54, 1.807) is 59.9 Å². The van der Waals surface area contributed by atoms with Gasteiger partial charge in [0.25, 0.3) is 10.0 Å². The fourth-order valence-electron chi connectivity index (χ4n) is 5.89. The molecule has 0 bridgehead atoms. The molecule has 0 spiro atoms. The van der Waals surface area contributed by atoms with Crippen molar-refractivity contribution < 1.29 is 12.8 Å². The Bertz CT molecular complexity index is 1990. The highest BCUT2D eigenvalue weighted by Crippen LogP contribution is 2.40. The molecule has 206 valence electrons. The van der Waals surface area contributed by atoms with E-state index >= 15 is 0 Å². The SMILES string of the molecule is N#CC[C@H]1CC[C@H](n2c(-c3cnn(Cc4cocn4)c3)nc3cnc4c(ccn4S(=O)(=O)c4ccccc4)c32)CC1. The zero-order valence-electron chi connectivity index (χ0n) is 22.0. The van der Waals surface area contributed by atoms with E-state index in [1.165, 1.54) is 10.4 Å². The van der Waals surface area contributed by atoms with Crippen LogP contribution in [-0.2, 0) is 16.6 Å². The van der Waals surface area contributed by atoms with Crippen molar-refractivity contribution >= 4 is 32.1 Å². The van der Waals surface area contributed by atoms with Crippen molar-refractivity contribution in [2.24, 2.45) is 5.92 Å². The van der Waals surface area contributed by atoms with Crippen LogP contribution in [0, 0.1) is 17.2 Å². The van der Waals surface area contributed by atoms with E-state index in [0.29, 0.717) is 30.0 Å². The number of nitrogens with zero attached hydrogens (tertiary/aromatic N) is 8. The molecule has 41 heavy (non-hydrogen) atoms. The quantitative estimate of drug-likeness (QED) is 0.258. The van der Waals surface area contributed by atoms with E-state index in [-0.39, 0.29) is 10.9 Å². The first kappa shape index (κ1) is 25.2. The van der Waals surface area contributed by atoms with Crippen LogP contribution < -0.4 is 0 Å². The van der Waals surface area contributed by atoms with Crippen molar-refractivity contribution in [3.8, 4) is 17.5 Å². The number of rotatable bonds is 7. The molecule has 11 nitrogen and oxygen atoms in total. The van der Waals surface area contributed by atoms with Crippen LogP contribution in [0.5, 0.6) is 0 Å². The van der Waals surface area contributed by atoms with Gasteiger partial charge in [-0.25, -0.2) is 27.3 Å². The number of hydrogen-bond donors (Lipinski definition) is 0. The molecule has 5 aromatic heterocycles. The molecule has 5 heterocycles. The third-order valence-corrected chi connectivity index (χ3v) is 9.57. The molecule has 0 saturated heterocycles. The van der Waals surface area contributed by atoms with E-state index in [1.807, 2.05) is 12.3 Å². The van der Waals surface area contributed by atoms with Crippen LogP contribution in [0.4, 0.5) is 0 Å². The Morgan fingerprint density at radius 3 is 2.63 bits per heavy atom. The molecule has 12 heteroatoms. The number of oxazole rings is 1. The molecule has 7 rings (SSSR count). The summed E-state index contributed by atoms with van der Waals surface area (Å²) < 4.78 is 37.4. The van der Waals surface area contributed by atoms with E-state index in [4.69, 9.17) is 9.40 Å². The van der Waals surface area contributed by atoms with Gasteiger partial charge in [0.05, 0.1) is 41.0 Å². The predicted octanol–water partition coefficient (Wildman–Crippen LogP) is 5.17. The molecule has 0 atom stereocenters. The smallest absolute Gasteiger partial charge is 0.269 e. The lowest BCUT2D eigenvalue weighted by Crippen LogP contribution is -2.19. The molecule has 1 fully saturated rings. The number of pyridine rings is 1. The fourth-order valence-corrected chi connectivity index (χ4v) is 7.21. The largest absolute Gasteiger partial charge is 0.451 e. The second-order valence-corrected chi connectivity index (χ2v) is 12.2. The summed E-state index contributed by atoms with van der Waals surface area (Å²) >= 11 is 0. The topological polar surface area (TPSA) is 137 Å². The number of benzene rings is 1. The first-order chi connectivity index (χ1) is 20.0. The summed E-state index contributed by atoms with van der Waals surface area (Å²) in [6.45, 7) is 0.460. The van der Waals surface area contributed by atoms with Gasteiger partial charge in [0.2, 0.25) is 0 Å². The molecule has 0 amide bonds. The first-order valence-corrected chi connectivity index (χ1v) is 14.9. The van der Waals surface area contributed by atoms with Crippen molar-refractivity contribution in [3.63, 3.8) is 0 Å². The summed E-state index contributed by atoms with van der Waals surface area (Å²) in [5.74, 6) is 1.14. The van der Waals surface area contributed by atoms with Gasteiger partial charge in [-0.1, -0.05) is 18.2 Å². The summed E-state index contributed by atoms with van der Waals surface area (Å²) in [5.41, 5.74) is 3.49. The Labute approximate surface area is 235 Å². The second-order valence-electron chi connectivity index (χ2n) is 10.4. The Hall–Kier alpha value is -4.76. The zero-order chi connectivity index (χ0) is 28.0. The number of hydrogen-bond acceptors (Lipinski definition) is 8. The lowest BCUT2D eigenvalue weighted by molar-refractivity contribution is 0.283. The highest BCUT2D eigenvalue weighted by molar-refractivity contribution is 7.90. The lowest BCUT2D eigenvalue weighted by Gasteiger charge is -2.29. The van der Waals surface area contributed by atoms with E-state index in [9.17, 15) is 13.7 Å². The number of imidazole rings is 1. The minimum Gasteiger partial charge on any atom is -0.451 e. The third kappa shape index (κ3) is 4.38. The molecule has 6 aromatic rings. The monoisotopic (exact) mass is 566 g/mol. The first-order valence-electron chi connectivity index (χ1n) is 13.5. The van der Waals surface area contributed by atoms with Crippen LogP contribution in [0.1, 0.15) is 43.8 Å². The lowest BCUT2D eigenvalue weighted by atomic mass is 9.84. The molecular formula is C29H26N8O3S. The minimum atomic E-state index is -3.84. The summed E-state index contributed by atoms with van der Waals surface area (Å²) in [6.07, 6.45) is 14.2.